The molecule has 0 aliphatic carbocycles. The van der Waals surface area contributed by atoms with Gasteiger partial charge in [-0.05, 0) is 89.9 Å². The Morgan fingerprint density at radius 3 is 2.18 bits per heavy atom. The predicted molar refractivity (Wildman–Crippen MR) is 219 cm³/mol. The topological polar surface area (TPSA) is 134 Å². The van der Waals surface area contributed by atoms with E-state index in [1.54, 1.807) is 42.5 Å². The fourth-order valence-electron chi connectivity index (χ4n) is 5.58. The van der Waals surface area contributed by atoms with Crippen molar-refractivity contribution >= 4 is 75.4 Å². The largest absolute Gasteiger partial charge is 0.497 e. The van der Waals surface area contributed by atoms with Crippen molar-refractivity contribution in [2.75, 3.05) is 24.0 Å². The molecule has 4 aromatic carbocycles. The van der Waals surface area contributed by atoms with E-state index in [9.17, 15) is 14.4 Å². The van der Waals surface area contributed by atoms with Crippen molar-refractivity contribution in [3.63, 3.8) is 0 Å². The number of nitrogens with one attached hydrogen (secondary N) is 2. The molecule has 1 atom stereocenters. The van der Waals surface area contributed by atoms with Gasteiger partial charge in [-0.1, -0.05) is 94.5 Å². The van der Waals surface area contributed by atoms with Crippen LogP contribution in [-0.2, 0) is 20.4 Å². The number of nitrogens with zero attached hydrogens (tertiary/aromatic N) is 4. The standard InChI is InChI=1S/C41H43Cl3N6O5/c1-8-40(3,4)25-13-18-33(30(20-25)41(5,6)9-2)55-23-34(51)45-28-12-10-11-24(19-28)38(52)46-37-35(48-47-27-14-16-29(54-7)17-15-27)39(53)50(49-37)36-31(43)21-26(42)22-32(36)44/h10-22,35H,8-9,23H2,1-7H3,(H,45,51)(H,46,49,52)/t35-/m0/s1. The van der Waals surface area contributed by atoms with Crippen molar-refractivity contribution in [3.8, 4) is 11.5 Å². The second kappa shape index (κ2) is 17.2. The number of methoxy groups -OCH3 is 1. The van der Waals surface area contributed by atoms with E-state index in [0.717, 1.165) is 23.4 Å². The maximum absolute atomic E-state index is 13.7. The summed E-state index contributed by atoms with van der Waals surface area (Å²) in [5, 5.41) is 19.6. The zero-order chi connectivity index (χ0) is 40.1. The van der Waals surface area contributed by atoms with Gasteiger partial charge in [-0.3, -0.25) is 14.4 Å². The van der Waals surface area contributed by atoms with Gasteiger partial charge in [0.1, 0.15) is 17.2 Å². The number of carbonyl (C=O) groups excluding carboxylic acids is 3. The number of rotatable bonds is 13. The van der Waals surface area contributed by atoms with E-state index in [4.69, 9.17) is 44.3 Å². The van der Waals surface area contributed by atoms with E-state index < -0.39 is 23.8 Å². The van der Waals surface area contributed by atoms with Gasteiger partial charge >= 0.3 is 0 Å². The molecule has 1 aliphatic heterocycles. The summed E-state index contributed by atoms with van der Waals surface area (Å²) < 4.78 is 11.3. The maximum Gasteiger partial charge on any atom is 0.282 e. The molecule has 0 fully saturated rings. The molecule has 0 bridgehead atoms. The van der Waals surface area contributed by atoms with Crippen LogP contribution in [0.1, 0.15) is 75.9 Å². The van der Waals surface area contributed by atoms with Gasteiger partial charge in [0.25, 0.3) is 17.7 Å². The molecule has 55 heavy (non-hydrogen) atoms. The van der Waals surface area contributed by atoms with Gasteiger partial charge in [-0.15, -0.1) is 5.10 Å². The molecular weight excluding hydrogens is 763 g/mol. The minimum atomic E-state index is -1.36. The minimum Gasteiger partial charge on any atom is -0.497 e. The van der Waals surface area contributed by atoms with Gasteiger partial charge in [0, 0.05) is 21.8 Å². The van der Waals surface area contributed by atoms with Gasteiger partial charge in [-0.25, -0.2) is 0 Å². The van der Waals surface area contributed by atoms with Crippen LogP contribution >= 0.6 is 34.8 Å². The van der Waals surface area contributed by atoms with Crippen molar-refractivity contribution in [1.82, 2.24) is 5.32 Å². The monoisotopic (exact) mass is 804 g/mol. The van der Waals surface area contributed by atoms with Crippen LogP contribution in [0.5, 0.6) is 11.5 Å². The Bertz CT molecular complexity index is 2130. The summed E-state index contributed by atoms with van der Waals surface area (Å²) in [5.74, 6) is -0.578. The highest BCUT2D eigenvalue weighted by molar-refractivity contribution is 6.43. The summed E-state index contributed by atoms with van der Waals surface area (Å²) in [6.45, 7) is 12.8. The quantitative estimate of drug-likeness (QED) is 0.130. The Kier molecular flexibility index (Phi) is 12.9. The fourth-order valence-corrected chi connectivity index (χ4v) is 6.56. The third kappa shape index (κ3) is 9.65. The number of amidine groups is 1. The molecule has 0 radical (unpaired) electrons. The highest BCUT2D eigenvalue weighted by atomic mass is 35.5. The predicted octanol–water partition coefficient (Wildman–Crippen LogP) is 10.3. The number of azo groups is 1. The van der Waals surface area contributed by atoms with Crippen molar-refractivity contribution < 1.29 is 23.9 Å². The maximum atomic E-state index is 13.7. The number of benzene rings is 4. The summed E-state index contributed by atoms with van der Waals surface area (Å²) in [6.07, 6.45) is 1.86. The van der Waals surface area contributed by atoms with Crippen LogP contribution < -0.4 is 25.1 Å². The molecule has 14 heteroatoms. The molecule has 1 aliphatic rings. The third-order valence-corrected chi connectivity index (χ3v) is 10.5. The van der Waals surface area contributed by atoms with E-state index in [1.807, 2.05) is 6.07 Å². The van der Waals surface area contributed by atoms with Crippen LogP contribution in [0, 0.1) is 0 Å². The average molecular weight is 806 g/mol. The summed E-state index contributed by atoms with van der Waals surface area (Å²) in [5.41, 5.74) is 3.07. The summed E-state index contributed by atoms with van der Waals surface area (Å²) in [7, 11) is 1.54. The molecule has 288 valence electrons. The first-order valence-electron chi connectivity index (χ1n) is 17.7. The second-order valence-electron chi connectivity index (χ2n) is 14.2. The third-order valence-electron chi connectivity index (χ3n) is 9.73. The van der Waals surface area contributed by atoms with Gasteiger partial charge in [0.2, 0.25) is 6.04 Å². The molecule has 1 heterocycles. The zero-order valence-corrected chi connectivity index (χ0v) is 33.9. The lowest BCUT2D eigenvalue weighted by atomic mass is 9.76. The fraction of sp³-hybridized carbons (Fsp3) is 0.317. The van der Waals surface area contributed by atoms with Crippen LogP contribution in [0.3, 0.4) is 0 Å². The van der Waals surface area contributed by atoms with Gasteiger partial charge < -0.3 is 20.1 Å². The SMILES string of the molecule is CCC(C)(C)c1ccc(OCC(=O)Nc2cccc(C(=O)NC3=NN(c4c(Cl)cc(Cl)cc4Cl)C(=O)[C@H]3N=Nc3ccc(OC)cc3)c2)c(C(C)(C)CC)c1. The first-order chi connectivity index (χ1) is 26.1. The van der Waals surface area contributed by atoms with Crippen LogP contribution in [-0.4, -0.2) is 43.3 Å². The Hall–Kier alpha value is -4.97. The molecule has 0 spiro atoms. The lowest BCUT2D eigenvalue weighted by Gasteiger charge is -2.30. The number of hydrogen-bond donors (Lipinski definition) is 2. The Labute approximate surface area is 336 Å². The Morgan fingerprint density at radius 1 is 0.873 bits per heavy atom. The molecule has 4 aromatic rings. The molecule has 3 amide bonds. The van der Waals surface area contributed by atoms with Crippen LogP contribution in [0.2, 0.25) is 15.1 Å². The molecule has 0 unspecified atom stereocenters. The molecule has 0 saturated heterocycles. The van der Waals surface area contributed by atoms with E-state index >= 15 is 0 Å². The normalized spacial score (nSPS) is 14.6. The van der Waals surface area contributed by atoms with Gasteiger partial charge in [0.05, 0.1) is 22.8 Å². The van der Waals surface area contributed by atoms with E-state index in [0.29, 0.717) is 22.9 Å². The Morgan fingerprint density at radius 2 is 1.55 bits per heavy atom. The summed E-state index contributed by atoms with van der Waals surface area (Å²) in [4.78, 5) is 40.5. The Balaban J connectivity index is 1.34. The smallest absolute Gasteiger partial charge is 0.282 e. The number of anilines is 2. The number of hydrazone groups is 1. The number of amides is 3. The minimum absolute atomic E-state index is 0.00846. The highest BCUT2D eigenvalue weighted by Gasteiger charge is 2.40. The molecule has 5 rings (SSSR count). The summed E-state index contributed by atoms with van der Waals surface area (Å²) in [6, 6.07) is 20.6. The average Bonchev–Trinajstić information content (AvgIpc) is 3.45. The molecule has 0 saturated carbocycles. The van der Waals surface area contributed by atoms with E-state index in [2.05, 4.69) is 79.6 Å². The van der Waals surface area contributed by atoms with Crippen LogP contribution in [0.15, 0.2) is 94.2 Å². The molecule has 11 nitrogen and oxygen atoms in total. The number of hydrogen-bond acceptors (Lipinski definition) is 8. The zero-order valence-electron chi connectivity index (χ0n) is 31.7. The first-order valence-corrected chi connectivity index (χ1v) is 18.8. The van der Waals surface area contributed by atoms with Crippen molar-refractivity contribution in [2.45, 2.75) is 71.3 Å². The number of halogens is 3. The van der Waals surface area contributed by atoms with Crippen molar-refractivity contribution in [2.24, 2.45) is 15.3 Å². The molecule has 0 aromatic heterocycles. The van der Waals surface area contributed by atoms with Crippen molar-refractivity contribution in [3.05, 3.63) is 111 Å². The second-order valence-corrected chi connectivity index (χ2v) is 15.5. The number of ether oxygens (including phenoxy) is 2. The molecular formula is C41H43Cl3N6O5. The highest BCUT2D eigenvalue weighted by Crippen LogP contribution is 2.40. The van der Waals surface area contributed by atoms with Crippen molar-refractivity contribution in [1.29, 1.82) is 0 Å². The van der Waals surface area contributed by atoms with Gasteiger partial charge in [-0.2, -0.15) is 15.2 Å². The number of carbonyl (C=O) groups is 3. The van der Waals surface area contributed by atoms with Crippen LogP contribution in [0.4, 0.5) is 17.1 Å². The summed E-state index contributed by atoms with van der Waals surface area (Å²) >= 11 is 19.0. The lowest BCUT2D eigenvalue weighted by molar-refractivity contribution is -0.118. The first kappa shape index (κ1) is 41.2. The molecule has 2 N–H and O–H groups in total. The van der Waals surface area contributed by atoms with E-state index in [1.165, 1.54) is 30.9 Å². The van der Waals surface area contributed by atoms with Crippen LogP contribution in [0.25, 0.3) is 0 Å². The van der Waals surface area contributed by atoms with E-state index in [-0.39, 0.29) is 49.6 Å². The van der Waals surface area contributed by atoms with Gasteiger partial charge in [0.15, 0.2) is 12.4 Å². The lowest BCUT2D eigenvalue weighted by Crippen LogP contribution is -2.39.